The van der Waals surface area contributed by atoms with Gasteiger partial charge in [0.2, 0.25) is 10.0 Å². The van der Waals surface area contributed by atoms with E-state index in [1.807, 2.05) is 6.92 Å². The highest BCUT2D eigenvalue weighted by atomic mass is 35.5. The van der Waals surface area contributed by atoms with Crippen molar-refractivity contribution in [3.63, 3.8) is 0 Å². The molecule has 1 aromatic carbocycles. The summed E-state index contributed by atoms with van der Waals surface area (Å²) in [5.41, 5.74) is 6.26. The summed E-state index contributed by atoms with van der Waals surface area (Å²) in [6.45, 7) is 7.55. The molecule has 160 valence electrons. The molecular formula is C19H32ClN3O4S. The average molecular weight is 434 g/mol. The first-order valence-electron chi connectivity index (χ1n) is 9.49. The average Bonchev–Trinajstić information content (AvgIpc) is 2.67. The quantitative estimate of drug-likeness (QED) is 0.712. The molecule has 0 saturated carbocycles. The van der Waals surface area contributed by atoms with Gasteiger partial charge in [0.15, 0.2) is 0 Å². The van der Waals surface area contributed by atoms with E-state index in [1.54, 1.807) is 24.8 Å². The van der Waals surface area contributed by atoms with Crippen LogP contribution in [0.2, 0.25) is 0 Å². The summed E-state index contributed by atoms with van der Waals surface area (Å²) in [7, 11) is -2.16. The van der Waals surface area contributed by atoms with E-state index >= 15 is 0 Å². The second-order valence-electron chi connectivity index (χ2n) is 6.94. The minimum Gasteiger partial charge on any atom is -0.496 e. The van der Waals surface area contributed by atoms with Gasteiger partial charge >= 0.3 is 0 Å². The molecule has 1 amide bonds. The Morgan fingerprint density at radius 2 is 1.86 bits per heavy atom. The minimum absolute atomic E-state index is 0. The van der Waals surface area contributed by atoms with Gasteiger partial charge in [0.1, 0.15) is 5.75 Å². The van der Waals surface area contributed by atoms with Crippen molar-refractivity contribution >= 4 is 28.3 Å². The zero-order valence-electron chi connectivity index (χ0n) is 17.1. The van der Waals surface area contributed by atoms with Gasteiger partial charge in [0.05, 0.1) is 17.6 Å². The number of nitrogens with two attached hydrogens (primary N) is 1. The van der Waals surface area contributed by atoms with Crippen LogP contribution in [0, 0.1) is 5.92 Å². The van der Waals surface area contributed by atoms with Crippen molar-refractivity contribution in [1.29, 1.82) is 0 Å². The fourth-order valence-corrected chi connectivity index (χ4v) is 5.01. The second kappa shape index (κ2) is 10.4. The van der Waals surface area contributed by atoms with Crippen LogP contribution in [0.5, 0.6) is 5.75 Å². The number of hydrogen-bond donors (Lipinski definition) is 1. The molecule has 1 aliphatic rings. The van der Waals surface area contributed by atoms with E-state index in [4.69, 9.17) is 10.5 Å². The van der Waals surface area contributed by atoms with E-state index in [0.29, 0.717) is 37.8 Å². The molecule has 1 heterocycles. The third-order valence-corrected chi connectivity index (χ3v) is 7.36. The maximum atomic E-state index is 13.1. The Labute approximate surface area is 174 Å². The largest absolute Gasteiger partial charge is 0.496 e. The van der Waals surface area contributed by atoms with E-state index in [0.717, 1.165) is 12.8 Å². The van der Waals surface area contributed by atoms with E-state index in [-0.39, 0.29) is 34.8 Å². The number of ether oxygens (including phenoxy) is 1. The van der Waals surface area contributed by atoms with Crippen LogP contribution in [0.25, 0.3) is 0 Å². The number of likely N-dealkylation sites (tertiary alicyclic amines) is 1. The molecule has 0 spiro atoms. The summed E-state index contributed by atoms with van der Waals surface area (Å²) in [6.07, 6.45) is 1.70. The third kappa shape index (κ3) is 5.17. The van der Waals surface area contributed by atoms with Gasteiger partial charge in [-0.1, -0.05) is 13.8 Å². The third-order valence-electron chi connectivity index (χ3n) is 5.31. The zero-order valence-corrected chi connectivity index (χ0v) is 18.7. The van der Waals surface area contributed by atoms with Gasteiger partial charge in [0.25, 0.3) is 5.91 Å². The number of nitrogens with zero attached hydrogens (tertiary/aromatic N) is 2. The van der Waals surface area contributed by atoms with Crippen LogP contribution in [-0.4, -0.2) is 62.9 Å². The number of methoxy groups -OCH3 is 1. The Bertz CT molecular complexity index is 758. The number of carbonyl (C=O) groups excluding carboxylic acids is 1. The number of rotatable bonds is 7. The van der Waals surface area contributed by atoms with E-state index in [9.17, 15) is 13.2 Å². The number of piperidine rings is 1. The predicted octanol–water partition coefficient (Wildman–Crippen LogP) is 2.35. The lowest BCUT2D eigenvalue weighted by molar-refractivity contribution is 0.0677. The number of sulfonamides is 1. The van der Waals surface area contributed by atoms with Crippen molar-refractivity contribution in [2.75, 3.05) is 33.3 Å². The van der Waals surface area contributed by atoms with Gasteiger partial charge in [-0.05, 0) is 43.9 Å². The van der Waals surface area contributed by atoms with Gasteiger partial charge in [-0.2, -0.15) is 4.31 Å². The Morgan fingerprint density at radius 1 is 1.29 bits per heavy atom. The summed E-state index contributed by atoms with van der Waals surface area (Å²) in [4.78, 5) is 14.9. The predicted molar refractivity (Wildman–Crippen MR) is 113 cm³/mol. The summed E-state index contributed by atoms with van der Waals surface area (Å²) >= 11 is 0. The number of benzene rings is 1. The van der Waals surface area contributed by atoms with Gasteiger partial charge in [-0.3, -0.25) is 4.79 Å². The molecule has 7 nitrogen and oxygen atoms in total. The van der Waals surface area contributed by atoms with Crippen molar-refractivity contribution in [2.24, 2.45) is 11.7 Å². The molecule has 1 aliphatic heterocycles. The standard InChI is InChI=1S/C19H31N3O4S.ClH/c1-5-22(6-2)27(24,25)16-7-8-18(26-4)17(13-16)19(23)21-11-9-15(10-12-21)14(3)20;/h7-8,13-15H,5-6,9-12,20H2,1-4H3;1H. The first-order valence-corrected chi connectivity index (χ1v) is 10.9. The van der Waals surface area contributed by atoms with E-state index in [1.165, 1.54) is 23.5 Å². The molecule has 28 heavy (non-hydrogen) atoms. The van der Waals surface area contributed by atoms with Gasteiger partial charge in [-0.15, -0.1) is 12.4 Å². The minimum atomic E-state index is -3.64. The normalized spacial score (nSPS) is 16.6. The Balaban J connectivity index is 0.00000392. The van der Waals surface area contributed by atoms with Crippen LogP contribution in [0.15, 0.2) is 23.1 Å². The molecule has 0 radical (unpaired) electrons. The van der Waals surface area contributed by atoms with Crippen LogP contribution < -0.4 is 10.5 Å². The number of hydrogen-bond acceptors (Lipinski definition) is 5. The monoisotopic (exact) mass is 433 g/mol. The molecule has 1 fully saturated rings. The van der Waals surface area contributed by atoms with Crippen molar-refractivity contribution in [2.45, 2.75) is 44.6 Å². The number of halogens is 1. The number of carbonyl (C=O) groups is 1. The first-order chi connectivity index (χ1) is 12.8. The van der Waals surface area contributed by atoms with E-state index < -0.39 is 10.0 Å². The van der Waals surface area contributed by atoms with Crippen molar-refractivity contribution in [1.82, 2.24) is 9.21 Å². The second-order valence-corrected chi connectivity index (χ2v) is 8.88. The molecule has 1 saturated heterocycles. The maximum Gasteiger partial charge on any atom is 0.257 e. The lowest BCUT2D eigenvalue weighted by atomic mass is 9.90. The Hall–Kier alpha value is -1.35. The smallest absolute Gasteiger partial charge is 0.257 e. The summed E-state index contributed by atoms with van der Waals surface area (Å²) in [6, 6.07) is 4.59. The maximum absolute atomic E-state index is 13.1. The van der Waals surface area contributed by atoms with Crippen LogP contribution in [0.3, 0.4) is 0 Å². The Morgan fingerprint density at radius 3 is 2.32 bits per heavy atom. The lowest BCUT2D eigenvalue weighted by Gasteiger charge is -2.34. The molecule has 1 unspecified atom stereocenters. The first kappa shape index (κ1) is 24.7. The fraction of sp³-hybridized carbons (Fsp3) is 0.632. The molecule has 9 heteroatoms. The van der Waals surface area contributed by atoms with Gasteiger partial charge in [-0.25, -0.2) is 8.42 Å². The lowest BCUT2D eigenvalue weighted by Crippen LogP contribution is -2.42. The highest BCUT2D eigenvalue weighted by Gasteiger charge is 2.29. The topological polar surface area (TPSA) is 92.9 Å². The van der Waals surface area contributed by atoms with Crippen LogP contribution in [-0.2, 0) is 10.0 Å². The zero-order chi connectivity index (χ0) is 20.2. The molecular weight excluding hydrogens is 402 g/mol. The van der Waals surface area contributed by atoms with Crippen molar-refractivity contribution in [3.8, 4) is 5.75 Å². The number of amides is 1. The highest BCUT2D eigenvalue weighted by molar-refractivity contribution is 7.89. The van der Waals surface area contributed by atoms with Crippen LogP contribution in [0.4, 0.5) is 0 Å². The summed E-state index contributed by atoms with van der Waals surface area (Å²) in [5, 5.41) is 0. The fourth-order valence-electron chi connectivity index (χ4n) is 3.53. The Kier molecular flexibility index (Phi) is 9.20. The molecule has 0 aliphatic carbocycles. The molecule has 1 atom stereocenters. The molecule has 2 N–H and O–H groups in total. The summed E-state index contributed by atoms with van der Waals surface area (Å²) in [5.74, 6) is 0.588. The van der Waals surface area contributed by atoms with Gasteiger partial charge < -0.3 is 15.4 Å². The highest BCUT2D eigenvalue weighted by Crippen LogP contribution is 2.28. The van der Waals surface area contributed by atoms with Crippen molar-refractivity contribution in [3.05, 3.63) is 23.8 Å². The van der Waals surface area contributed by atoms with Gasteiger partial charge in [0, 0.05) is 32.2 Å². The van der Waals surface area contributed by atoms with Crippen molar-refractivity contribution < 1.29 is 17.9 Å². The molecule has 0 aromatic heterocycles. The van der Waals surface area contributed by atoms with Crippen LogP contribution in [0.1, 0.15) is 44.0 Å². The molecule has 2 rings (SSSR count). The molecule has 1 aromatic rings. The summed E-state index contributed by atoms with van der Waals surface area (Å²) < 4.78 is 32.3. The van der Waals surface area contributed by atoms with E-state index in [2.05, 4.69) is 0 Å². The van der Waals surface area contributed by atoms with Crippen LogP contribution >= 0.6 is 12.4 Å². The SMILES string of the molecule is CCN(CC)S(=O)(=O)c1ccc(OC)c(C(=O)N2CCC(C(C)N)CC2)c1.Cl. The molecule has 0 bridgehead atoms.